The second-order valence-corrected chi connectivity index (χ2v) is 2.66. The van der Waals surface area contributed by atoms with Gasteiger partial charge < -0.3 is 0 Å². The third-order valence-corrected chi connectivity index (χ3v) is 1.80. The Labute approximate surface area is 75.6 Å². The van der Waals surface area contributed by atoms with Crippen molar-refractivity contribution in [3.63, 3.8) is 0 Å². The molecule has 1 unspecified atom stereocenters. The molecule has 0 amide bonds. The van der Waals surface area contributed by atoms with E-state index in [0.29, 0.717) is 5.56 Å². The first-order valence-corrected chi connectivity index (χ1v) is 3.75. The van der Waals surface area contributed by atoms with Crippen LogP contribution in [0.15, 0.2) is 24.3 Å². The van der Waals surface area contributed by atoms with Gasteiger partial charge in [-0.05, 0) is 17.7 Å². The van der Waals surface area contributed by atoms with Gasteiger partial charge in [0.2, 0.25) is 0 Å². The predicted octanol–water partition coefficient (Wildman–Crippen LogP) is 2.36. The third-order valence-electron chi connectivity index (χ3n) is 1.45. The summed E-state index contributed by atoms with van der Waals surface area (Å²) < 4.78 is 0. The number of halogens is 1. The van der Waals surface area contributed by atoms with E-state index in [9.17, 15) is 0 Å². The van der Waals surface area contributed by atoms with Gasteiger partial charge >= 0.3 is 0 Å². The van der Waals surface area contributed by atoms with Gasteiger partial charge in [0.25, 0.3) is 0 Å². The lowest BCUT2D eigenvalue weighted by Gasteiger charge is -1.98. The zero-order valence-corrected chi connectivity index (χ0v) is 6.92. The average Bonchev–Trinajstić information content (AvgIpc) is 2.17. The van der Waals surface area contributed by atoms with Crippen molar-refractivity contribution in [1.82, 2.24) is 0 Å². The summed E-state index contributed by atoms with van der Waals surface area (Å²) in [6, 6.07) is 10.5. The van der Waals surface area contributed by atoms with Crippen LogP contribution in [0.2, 0.25) is 0 Å². The molecule has 12 heavy (non-hydrogen) atoms. The summed E-state index contributed by atoms with van der Waals surface area (Å²) in [5.41, 5.74) is 1.29. The molecule has 0 aliphatic rings. The lowest BCUT2D eigenvalue weighted by atomic mass is 10.1. The maximum atomic E-state index is 8.48. The maximum absolute atomic E-state index is 8.48. The Morgan fingerprint density at radius 2 is 1.75 bits per heavy atom. The summed E-state index contributed by atoms with van der Waals surface area (Å²) in [5, 5.41) is 16.3. The predicted molar refractivity (Wildman–Crippen MR) is 45.4 cm³/mol. The molecule has 58 valence electrons. The Morgan fingerprint density at radius 1 is 1.17 bits per heavy atom. The number of hydrogen-bond donors (Lipinski definition) is 0. The Bertz CT molecular complexity index is 342. The summed E-state index contributed by atoms with van der Waals surface area (Å²) in [6.45, 7) is 0. The van der Waals surface area contributed by atoms with Crippen LogP contribution in [0, 0.1) is 22.7 Å². The van der Waals surface area contributed by atoms with Crippen molar-refractivity contribution < 1.29 is 0 Å². The second kappa shape index (κ2) is 3.76. The van der Waals surface area contributed by atoms with Crippen molar-refractivity contribution in [3.8, 4) is 12.1 Å². The maximum Gasteiger partial charge on any atom is 0.145 e. The van der Waals surface area contributed by atoms with Crippen molar-refractivity contribution in [2.75, 3.05) is 0 Å². The highest BCUT2D eigenvalue weighted by Crippen LogP contribution is 2.18. The van der Waals surface area contributed by atoms with Gasteiger partial charge in [0.15, 0.2) is 0 Å². The van der Waals surface area contributed by atoms with Crippen LogP contribution in [0.25, 0.3) is 0 Å². The molecule has 0 aliphatic carbocycles. The Hall–Kier alpha value is -1.51. The molecule has 1 aromatic carbocycles. The number of benzene rings is 1. The van der Waals surface area contributed by atoms with Crippen LogP contribution >= 0.6 is 11.6 Å². The molecule has 0 aliphatic heterocycles. The van der Waals surface area contributed by atoms with E-state index >= 15 is 0 Å². The van der Waals surface area contributed by atoms with Crippen molar-refractivity contribution in [2.45, 2.75) is 5.38 Å². The van der Waals surface area contributed by atoms with Gasteiger partial charge in [-0.1, -0.05) is 12.1 Å². The van der Waals surface area contributed by atoms with Crippen molar-refractivity contribution in [3.05, 3.63) is 35.4 Å². The van der Waals surface area contributed by atoms with Crippen LogP contribution in [-0.4, -0.2) is 0 Å². The summed E-state index contributed by atoms with van der Waals surface area (Å²) >= 11 is 5.64. The molecule has 2 nitrogen and oxygen atoms in total. The van der Waals surface area contributed by atoms with E-state index in [0.717, 1.165) is 5.56 Å². The summed E-state index contributed by atoms with van der Waals surface area (Å²) in [5.74, 6) is 0. The first-order chi connectivity index (χ1) is 5.77. The van der Waals surface area contributed by atoms with Gasteiger partial charge in [0, 0.05) is 0 Å². The minimum atomic E-state index is -0.627. The molecule has 0 bridgehead atoms. The topological polar surface area (TPSA) is 47.6 Å². The molecular weight excluding hydrogens is 172 g/mol. The molecule has 1 atom stereocenters. The van der Waals surface area contributed by atoms with E-state index in [-0.39, 0.29) is 0 Å². The minimum absolute atomic E-state index is 0.570. The van der Waals surface area contributed by atoms with Crippen LogP contribution in [0.5, 0.6) is 0 Å². The normalized spacial score (nSPS) is 11.2. The van der Waals surface area contributed by atoms with E-state index < -0.39 is 5.38 Å². The van der Waals surface area contributed by atoms with E-state index in [1.807, 2.05) is 12.1 Å². The number of hydrogen-bond acceptors (Lipinski definition) is 2. The Kier molecular flexibility index (Phi) is 2.69. The third kappa shape index (κ3) is 1.75. The summed E-state index contributed by atoms with van der Waals surface area (Å²) in [4.78, 5) is 0. The molecular formula is C9H5ClN2. The lowest BCUT2D eigenvalue weighted by Crippen LogP contribution is -1.85. The van der Waals surface area contributed by atoms with Gasteiger partial charge in [0.05, 0.1) is 17.7 Å². The number of rotatable bonds is 1. The van der Waals surface area contributed by atoms with Crippen molar-refractivity contribution in [2.24, 2.45) is 0 Å². The molecule has 0 saturated heterocycles. The molecule has 0 spiro atoms. The van der Waals surface area contributed by atoms with E-state index in [1.54, 1.807) is 24.3 Å². The van der Waals surface area contributed by atoms with Crippen LogP contribution in [0.3, 0.4) is 0 Å². The quantitative estimate of drug-likeness (QED) is 0.617. The van der Waals surface area contributed by atoms with E-state index in [2.05, 4.69) is 0 Å². The molecule has 0 radical (unpaired) electrons. The monoisotopic (exact) mass is 176 g/mol. The average molecular weight is 177 g/mol. The molecule has 0 saturated carbocycles. The molecule has 0 aromatic heterocycles. The van der Waals surface area contributed by atoms with Crippen LogP contribution < -0.4 is 0 Å². The van der Waals surface area contributed by atoms with Gasteiger partial charge in [0.1, 0.15) is 5.38 Å². The molecule has 0 fully saturated rings. The standard InChI is InChI=1S/C9H5ClN2/c10-9(6-12)8-3-1-7(5-11)2-4-8/h1-4,9H. The molecule has 1 rings (SSSR count). The molecule has 1 aromatic rings. The van der Waals surface area contributed by atoms with Crippen molar-refractivity contribution in [1.29, 1.82) is 10.5 Å². The Balaban J connectivity index is 2.96. The first kappa shape index (κ1) is 8.59. The highest BCUT2D eigenvalue weighted by Gasteiger charge is 2.04. The van der Waals surface area contributed by atoms with Crippen LogP contribution in [-0.2, 0) is 0 Å². The fourth-order valence-corrected chi connectivity index (χ4v) is 0.947. The van der Waals surface area contributed by atoms with Crippen LogP contribution in [0.1, 0.15) is 16.5 Å². The highest BCUT2D eigenvalue weighted by molar-refractivity contribution is 6.22. The number of alkyl halides is 1. The lowest BCUT2D eigenvalue weighted by molar-refractivity contribution is 1.21. The Morgan fingerprint density at radius 3 is 2.17 bits per heavy atom. The molecule has 0 heterocycles. The zero-order valence-electron chi connectivity index (χ0n) is 6.16. The smallest absolute Gasteiger partial charge is 0.145 e. The van der Waals surface area contributed by atoms with Gasteiger partial charge in [-0.2, -0.15) is 10.5 Å². The summed E-state index contributed by atoms with van der Waals surface area (Å²) in [7, 11) is 0. The fraction of sp³-hybridized carbons (Fsp3) is 0.111. The van der Waals surface area contributed by atoms with E-state index in [4.69, 9.17) is 22.1 Å². The molecule has 0 N–H and O–H groups in total. The first-order valence-electron chi connectivity index (χ1n) is 3.31. The minimum Gasteiger partial charge on any atom is -0.196 e. The van der Waals surface area contributed by atoms with Gasteiger partial charge in [-0.3, -0.25) is 0 Å². The second-order valence-electron chi connectivity index (χ2n) is 2.23. The SMILES string of the molecule is N#Cc1ccc(C(Cl)C#N)cc1. The van der Waals surface area contributed by atoms with Crippen molar-refractivity contribution >= 4 is 11.6 Å². The highest BCUT2D eigenvalue weighted by atomic mass is 35.5. The van der Waals surface area contributed by atoms with Gasteiger partial charge in [-0.15, -0.1) is 11.6 Å². The zero-order chi connectivity index (χ0) is 8.97. The van der Waals surface area contributed by atoms with Crippen LogP contribution in [0.4, 0.5) is 0 Å². The number of nitriles is 2. The van der Waals surface area contributed by atoms with Gasteiger partial charge in [-0.25, -0.2) is 0 Å². The van der Waals surface area contributed by atoms with E-state index in [1.165, 1.54) is 0 Å². The molecule has 3 heteroatoms. The summed E-state index contributed by atoms with van der Waals surface area (Å²) in [6.07, 6.45) is 0. The fourth-order valence-electron chi connectivity index (χ4n) is 0.801. The largest absolute Gasteiger partial charge is 0.196 e. The number of nitrogens with zero attached hydrogens (tertiary/aromatic N) is 2.